The highest BCUT2D eigenvalue weighted by Gasteiger charge is 2.51. The maximum absolute atomic E-state index is 12.5. The van der Waals surface area contributed by atoms with Gasteiger partial charge in [0.1, 0.15) is 18.5 Å². The van der Waals surface area contributed by atoms with Crippen LogP contribution in [0.25, 0.3) is 11.3 Å². The summed E-state index contributed by atoms with van der Waals surface area (Å²) in [5.41, 5.74) is 2.26. The van der Waals surface area contributed by atoms with Crippen LogP contribution in [0.3, 0.4) is 0 Å². The van der Waals surface area contributed by atoms with E-state index < -0.39 is 5.97 Å². The van der Waals surface area contributed by atoms with Crippen molar-refractivity contribution >= 4 is 12.1 Å². The summed E-state index contributed by atoms with van der Waals surface area (Å²) in [6.07, 6.45) is 6.36. The molecule has 8 nitrogen and oxygen atoms in total. The number of amides is 1. The summed E-state index contributed by atoms with van der Waals surface area (Å²) in [7, 11) is 1.80. The predicted molar refractivity (Wildman–Crippen MR) is 123 cm³/mol. The molecular formula is C26H32N2O6. The molecule has 0 aliphatic heterocycles. The molecule has 3 fully saturated rings. The second-order valence-corrected chi connectivity index (χ2v) is 10.0. The highest BCUT2D eigenvalue weighted by molar-refractivity contribution is 5.70. The number of ether oxygens (including phenoxy) is 2. The van der Waals surface area contributed by atoms with Crippen LogP contribution in [-0.2, 0) is 16.1 Å². The van der Waals surface area contributed by atoms with Gasteiger partial charge in [0.05, 0.1) is 17.2 Å². The summed E-state index contributed by atoms with van der Waals surface area (Å²) in [5, 5.41) is 13.5. The summed E-state index contributed by atoms with van der Waals surface area (Å²) >= 11 is 0. The fourth-order valence-electron chi connectivity index (χ4n) is 5.57. The molecule has 1 heterocycles. The first kappa shape index (κ1) is 22.7. The molecule has 1 N–H and O–H groups in total. The zero-order chi connectivity index (χ0) is 23.8. The van der Waals surface area contributed by atoms with Gasteiger partial charge in [-0.2, -0.15) is 0 Å². The Kier molecular flexibility index (Phi) is 6.23. The van der Waals surface area contributed by atoms with Crippen molar-refractivity contribution in [3.63, 3.8) is 0 Å². The summed E-state index contributed by atoms with van der Waals surface area (Å²) in [4.78, 5) is 25.7. The van der Waals surface area contributed by atoms with Crippen LogP contribution in [-0.4, -0.2) is 46.4 Å². The van der Waals surface area contributed by atoms with Crippen molar-refractivity contribution in [3.05, 3.63) is 35.5 Å². The summed E-state index contributed by atoms with van der Waals surface area (Å²) < 4.78 is 17.3. The Labute approximate surface area is 199 Å². The minimum Gasteiger partial charge on any atom is -0.490 e. The normalized spacial score (nSPS) is 26.1. The van der Waals surface area contributed by atoms with Crippen LogP contribution in [0.1, 0.15) is 56.2 Å². The molecule has 3 saturated carbocycles. The lowest BCUT2D eigenvalue weighted by molar-refractivity contribution is -0.144. The average molecular weight is 469 g/mol. The van der Waals surface area contributed by atoms with Crippen LogP contribution in [0.5, 0.6) is 5.75 Å². The first-order chi connectivity index (χ1) is 16.4. The number of benzene rings is 1. The zero-order valence-electron chi connectivity index (χ0n) is 19.7. The van der Waals surface area contributed by atoms with E-state index in [0.29, 0.717) is 35.5 Å². The number of aromatic nitrogens is 1. The summed E-state index contributed by atoms with van der Waals surface area (Å²) in [6.45, 7) is 1.93. The van der Waals surface area contributed by atoms with Crippen molar-refractivity contribution in [3.8, 4) is 17.1 Å². The van der Waals surface area contributed by atoms with Crippen LogP contribution in [0.4, 0.5) is 4.79 Å². The van der Waals surface area contributed by atoms with E-state index in [2.05, 4.69) is 5.16 Å². The number of fused-ring (bicyclic) bond motifs is 1. The number of hydrogen-bond acceptors (Lipinski definition) is 6. The molecule has 1 aromatic carbocycles. The maximum Gasteiger partial charge on any atom is 0.410 e. The Morgan fingerprint density at radius 3 is 2.59 bits per heavy atom. The van der Waals surface area contributed by atoms with Crippen LogP contribution in [0.2, 0.25) is 0 Å². The zero-order valence-corrected chi connectivity index (χ0v) is 19.7. The van der Waals surface area contributed by atoms with Crippen molar-refractivity contribution in [2.24, 2.45) is 17.8 Å². The standard InChI is InChI=1S/C26H32N2O6/c1-15-22(14-32-26(31)28(2)19-5-3-4-6-19)24(34-27-15)16-7-9-20(10-8-16)33-23-13-18(25(29)30)11-17-12-21(17)23/h7-10,17-19,21,23H,3-6,11-14H2,1-2H3,(H,29,30). The SMILES string of the molecule is Cc1noc(-c2ccc(OC3CC(C(=O)O)CC4CC43)cc2)c1COC(=O)N(C)C1CCCC1. The van der Waals surface area contributed by atoms with Gasteiger partial charge in [-0.3, -0.25) is 4.79 Å². The Hall–Kier alpha value is -3.03. The fraction of sp³-hybridized carbons (Fsp3) is 0.577. The fourth-order valence-corrected chi connectivity index (χ4v) is 5.57. The molecule has 3 aliphatic carbocycles. The number of carboxylic acids is 1. The quantitative estimate of drug-likeness (QED) is 0.607. The Balaban J connectivity index is 1.22. The molecule has 0 saturated heterocycles. The highest BCUT2D eigenvalue weighted by Crippen LogP contribution is 2.52. The van der Waals surface area contributed by atoms with Crippen LogP contribution < -0.4 is 4.74 Å². The smallest absolute Gasteiger partial charge is 0.410 e. The number of hydrogen-bond donors (Lipinski definition) is 1. The van der Waals surface area contributed by atoms with E-state index in [1.54, 1.807) is 11.9 Å². The second-order valence-electron chi connectivity index (χ2n) is 10.0. The van der Waals surface area contributed by atoms with Gasteiger partial charge in [0.2, 0.25) is 0 Å². The Morgan fingerprint density at radius 1 is 1.15 bits per heavy atom. The lowest BCUT2D eigenvalue weighted by atomic mass is 9.87. The molecule has 0 bridgehead atoms. The lowest BCUT2D eigenvalue weighted by Gasteiger charge is -2.27. The van der Waals surface area contributed by atoms with E-state index in [1.165, 1.54) is 0 Å². The van der Waals surface area contributed by atoms with E-state index in [-0.39, 0.29) is 30.8 Å². The van der Waals surface area contributed by atoms with Gasteiger partial charge in [-0.05, 0) is 75.1 Å². The largest absolute Gasteiger partial charge is 0.490 e. The molecular weight excluding hydrogens is 436 g/mol. The van der Waals surface area contributed by atoms with Gasteiger partial charge in [0.15, 0.2) is 5.76 Å². The van der Waals surface area contributed by atoms with Gasteiger partial charge in [-0.25, -0.2) is 4.79 Å². The first-order valence-electron chi connectivity index (χ1n) is 12.3. The van der Waals surface area contributed by atoms with E-state index in [1.807, 2.05) is 31.2 Å². The molecule has 4 unspecified atom stereocenters. The molecule has 182 valence electrons. The maximum atomic E-state index is 12.5. The van der Waals surface area contributed by atoms with Gasteiger partial charge in [0, 0.05) is 18.7 Å². The molecule has 1 amide bonds. The van der Waals surface area contributed by atoms with Crippen molar-refractivity contribution in [2.45, 2.75) is 70.6 Å². The minimum atomic E-state index is -0.724. The molecule has 5 rings (SSSR count). The van der Waals surface area contributed by atoms with Crippen molar-refractivity contribution in [1.82, 2.24) is 10.1 Å². The first-order valence-corrected chi connectivity index (χ1v) is 12.3. The van der Waals surface area contributed by atoms with Crippen molar-refractivity contribution in [1.29, 1.82) is 0 Å². The van der Waals surface area contributed by atoms with E-state index in [4.69, 9.17) is 14.0 Å². The Morgan fingerprint density at radius 2 is 1.88 bits per heavy atom. The lowest BCUT2D eigenvalue weighted by Crippen LogP contribution is -2.35. The van der Waals surface area contributed by atoms with Gasteiger partial charge < -0.3 is 24.0 Å². The van der Waals surface area contributed by atoms with E-state index >= 15 is 0 Å². The molecule has 34 heavy (non-hydrogen) atoms. The average Bonchev–Trinajstić information content (AvgIpc) is 3.24. The van der Waals surface area contributed by atoms with Gasteiger partial charge in [-0.15, -0.1) is 0 Å². The molecule has 2 aromatic rings. The van der Waals surface area contributed by atoms with Crippen LogP contribution in [0, 0.1) is 24.7 Å². The van der Waals surface area contributed by atoms with Crippen molar-refractivity contribution in [2.75, 3.05) is 7.05 Å². The molecule has 4 atom stereocenters. The number of aryl methyl sites for hydroxylation is 1. The third-order valence-corrected chi connectivity index (χ3v) is 7.80. The van der Waals surface area contributed by atoms with Gasteiger partial charge >= 0.3 is 12.1 Å². The topological polar surface area (TPSA) is 102 Å². The summed E-state index contributed by atoms with van der Waals surface area (Å²) in [6, 6.07) is 7.79. The number of nitrogens with zero attached hydrogens (tertiary/aromatic N) is 2. The molecule has 0 spiro atoms. The number of aliphatic carboxylic acids is 1. The molecule has 8 heteroatoms. The van der Waals surface area contributed by atoms with Gasteiger partial charge in [0.25, 0.3) is 0 Å². The second kappa shape index (κ2) is 9.31. The highest BCUT2D eigenvalue weighted by atomic mass is 16.6. The number of carbonyl (C=O) groups excluding carboxylic acids is 1. The van der Waals surface area contributed by atoms with Gasteiger partial charge in [-0.1, -0.05) is 18.0 Å². The molecule has 1 aromatic heterocycles. The molecule has 0 radical (unpaired) electrons. The predicted octanol–water partition coefficient (Wildman–Crippen LogP) is 5.04. The van der Waals surface area contributed by atoms with E-state index in [0.717, 1.165) is 49.7 Å². The number of carbonyl (C=O) groups is 2. The van der Waals surface area contributed by atoms with Crippen LogP contribution >= 0.6 is 0 Å². The third-order valence-electron chi connectivity index (χ3n) is 7.80. The Bertz CT molecular complexity index is 1040. The van der Waals surface area contributed by atoms with Crippen LogP contribution in [0.15, 0.2) is 28.8 Å². The molecule has 3 aliphatic rings. The summed E-state index contributed by atoms with van der Waals surface area (Å²) in [5.74, 6) is 1.20. The number of carboxylic acid groups (broad SMARTS) is 1. The minimum absolute atomic E-state index is 0.0509. The number of rotatable bonds is 7. The van der Waals surface area contributed by atoms with Crippen molar-refractivity contribution < 1.29 is 28.7 Å². The van der Waals surface area contributed by atoms with E-state index in [9.17, 15) is 14.7 Å². The third kappa shape index (κ3) is 4.63. The monoisotopic (exact) mass is 468 g/mol.